The molecule has 0 aromatic carbocycles. The molecule has 3 nitrogen and oxygen atoms in total. The van der Waals surface area contributed by atoms with Crippen molar-refractivity contribution < 1.29 is 0 Å². The molecule has 4 aliphatic rings. The van der Waals surface area contributed by atoms with Crippen LogP contribution < -0.4 is 11.1 Å². The van der Waals surface area contributed by atoms with E-state index in [1.807, 2.05) is 6.92 Å². The van der Waals surface area contributed by atoms with E-state index >= 15 is 0 Å². The van der Waals surface area contributed by atoms with Crippen LogP contribution in [0, 0.1) is 36.5 Å². The van der Waals surface area contributed by atoms with Crippen LogP contribution in [0.15, 0.2) is 12.3 Å². The summed E-state index contributed by atoms with van der Waals surface area (Å²) in [6, 6.07) is 2.07. The molecule has 1 aromatic rings. The van der Waals surface area contributed by atoms with Crippen molar-refractivity contribution in [3.63, 3.8) is 0 Å². The third-order valence-corrected chi connectivity index (χ3v) is 6.09. The summed E-state index contributed by atoms with van der Waals surface area (Å²) in [7, 11) is 0. The van der Waals surface area contributed by atoms with Gasteiger partial charge in [0.15, 0.2) is 0 Å². The predicted molar refractivity (Wildman–Crippen MR) is 82.4 cm³/mol. The lowest BCUT2D eigenvalue weighted by molar-refractivity contribution is -0.0305. The highest BCUT2D eigenvalue weighted by molar-refractivity contribution is 5.50. The summed E-state index contributed by atoms with van der Waals surface area (Å²) in [6.45, 7) is 3.15. The summed E-state index contributed by atoms with van der Waals surface area (Å²) in [4.78, 5) is 4.41. The lowest BCUT2D eigenvalue weighted by atomic mass is 9.52. The number of pyridine rings is 1. The number of nitrogens with one attached hydrogen (secondary N) is 1. The molecule has 1 aromatic heterocycles. The van der Waals surface area contributed by atoms with E-state index in [2.05, 4.69) is 16.4 Å². The maximum atomic E-state index is 5.83. The van der Waals surface area contributed by atoms with Gasteiger partial charge < -0.3 is 11.1 Å². The van der Waals surface area contributed by atoms with Gasteiger partial charge in [0.2, 0.25) is 0 Å². The van der Waals surface area contributed by atoms with Gasteiger partial charge in [-0.05, 0) is 80.2 Å². The average Bonchev–Trinajstić information content (AvgIpc) is 2.41. The van der Waals surface area contributed by atoms with E-state index in [1.165, 1.54) is 32.1 Å². The molecule has 3 heteroatoms. The number of aryl methyl sites for hydroxylation is 1. The van der Waals surface area contributed by atoms with Crippen LogP contribution in [0.25, 0.3) is 0 Å². The monoisotopic (exact) mass is 271 g/mol. The second-order valence-corrected chi connectivity index (χ2v) is 7.40. The van der Waals surface area contributed by atoms with Crippen LogP contribution in [0.1, 0.15) is 37.7 Å². The summed E-state index contributed by atoms with van der Waals surface area (Å²) < 4.78 is 0. The Labute approximate surface area is 121 Å². The van der Waals surface area contributed by atoms with E-state index in [-0.39, 0.29) is 0 Å². The van der Waals surface area contributed by atoms with Crippen molar-refractivity contribution in [2.75, 3.05) is 17.6 Å². The van der Waals surface area contributed by atoms with Gasteiger partial charge in [-0.1, -0.05) is 0 Å². The van der Waals surface area contributed by atoms with E-state index in [0.717, 1.165) is 53.2 Å². The van der Waals surface area contributed by atoms with Crippen molar-refractivity contribution in [1.82, 2.24) is 4.98 Å². The Morgan fingerprint density at radius 3 is 2.40 bits per heavy atom. The van der Waals surface area contributed by atoms with Gasteiger partial charge in [0.05, 0.1) is 11.9 Å². The normalized spacial score (nSPS) is 38.1. The van der Waals surface area contributed by atoms with E-state index in [0.29, 0.717) is 0 Å². The molecule has 20 heavy (non-hydrogen) atoms. The highest BCUT2D eigenvalue weighted by Gasteiger charge is 2.47. The minimum Gasteiger partial charge on any atom is -0.397 e. The van der Waals surface area contributed by atoms with Gasteiger partial charge in [-0.15, -0.1) is 0 Å². The first kappa shape index (κ1) is 12.5. The maximum Gasteiger partial charge on any atom is 0.126 e. The number of anilines is 2. The summed E-state index contributed by atoms with van der Waals surface area (Å²) in [5.74, 6) is 5.95. The first-order valence-electron chi connectivity index (χ1n) is 8.15. The average molecular weight is 271 g/mol. The Bertz CT molecular complexity index is 483. The van der Waals surface area contributed by atoms with Crippen molar-refractivity contribution in [1.29, 1.82) is 0 Å². The van der Waals surface area contributed by atoms with Crippen molar-refractivity contribution in [3.8, 4) is 0 Å². The molecule has 4 fully saturated rings. The highest BCUT2D eigenvalue weighted by atomic mass is 15.0. The van der Waals surface area contributed by atoms with Crippen LogP contribution in [0.3, 0.4) is 0 Å². The first-order valence-corrected chi connectivity index (χ1v) is 8.15. The molecule has 3 N–H and O–H groups in total. The Hall–Kier alpha value is -1.25. The molecule has 0 amide bonds. The Morgan fingerprint density at radius 2 is 1.80 bits per heavy atom. The van der Waals surface area contributed by atoms with Gasteiger partial charge in [0, 0.05) is 6.54 Å². The third-order valence-electron chi connectivity index (χ3n) is 6.09. The molecule has 108 valence electrons. The standard InChI is InChI=1S/C17H25N3/c1-10-2-17(20-9-16(10)18)19-8-15-13-4-11-3-12(6-13)7-14(15)5-11/h2,9,11-15H,3-8,18H2,1H3,(H,19,20). The van der Waals surface area contributed by atoms with Gasteiger partial charge >= 0.3 is 0 Å². The molecule has 0 atom stereocenters. The Balaban J connectivity index is 1.43. The molecule has 1 heterocycles. The molecule has 0 spiro atoms. The fraction of sp³-hybridized carbons (Fsp3) is 0.706. The molecule has 0 saturated heterocycles. The molecule has 5 rings (SSSR count). The van der Waals surface area contributed by atoms with Gasteiger partial charge in [0.1, 0.15) is 5.82 Å². The number of nitrogens with two attached hydrogens (primary N) is 1. The number of hydrogen-bond acceptors (Lipinski definition) is 3. The quantitative estimate of drug-likeness (QED) is 0.885. The first-order chi connectivity index (χ1) is 9.69. The number of nitrogens with zero attached hydrogens (tertiary/aromatic N) is 1. The molecule has 4 aliphatic carbocycles. The number of aromatic nitrogens is 1. The summed E-state index contributed by atoms with van der Waals surface area (Å²) in [6.07, 6.45) is 9.28. The van der Waals surface area contributed by atoms with Crippen LogP contribution in [-0.4, -0.2) is 11.5 Å². The molecule has 0 aliphatic heterocycles. The van der Waals surface area contributed by atoms with E-state index in [9.17, 15) is 0 Å². The molecule has 4 bridgehead atoms. The van der Waals surface area contributed by atoms with Gasteiger partial charge in [-0.2, -0.15) is 0 Å². The smallest absolute Gasteiger partial charge is 0.126 e. The fourth-order valence-electron chi connectivity index (χ4n) is 5.26. The maximum absolute atomic E-state index is 5.83. The summed E-state index contributed by atoms with van der Waals surface area (Å²) in [5.41, 5.74) is 7.73. The van der Waals surface area contributed by atoms with Gasteiger partial charge in [0.25, 0.3) is 0 Å². The minimum absolute atomic E-state index is 0.783. The number of rotatable bonds is 3. The van der Waals surface area contributed by atoms with Gasteiger partial charge in [-0.3, -0.25) is 0 Å². The van der Waals surface area contributed by atoms with Crippen LogP contribution in [0.2, 0.25) is 0 Å². The second kappa shape index (κ2) is 4.64. The van der Waals surface area contributed by atoms with Crippen molar-refractivity contribution >= 4 is 11.5 Å². The van der Waals surface area contributed by atoms with Gasteiger partial charge in [-0.25, -0.2) is 4.98 Å². The van der Waals surface area contributed by atoms with E-state index in [1.54, 1.807) is 6.20 Å². The summed E-state index contributed by atoms with van der Waals surface area (Å²) >= 11 is 0. The van der Waals surface area contributed by atoms with E-state index in [4.69, 9.17) is 5.73 Å². The number of hydrogen-bond donors (Lipinski definition) is 2. The van der Waals surface area contributed by atoms with Crippen LogP contribution in [0.5, 0.6) is 0 Å². The summed E-state index contributed by atoms with van der Waals surface area (Å²) in [5, 5.41) is 3.57. The van der Waals surface area contributed by atoms with Crippen molar-refractivity contribution in [3.05, 3.63) is 17.8 Å². The molecular weight excluding hydrogens is 246 g/mol. The lowest BCUT2D eigenvalue weighted by Gasteiger charge is -2.54. The van der Waals surface area contributed by atoms with Crippen LogP contribution >= 0.6 is 0 Å². The predicted octanol–water partition coefficient (Wildman–Crippen LogP) is 3.46. The van der Waals surface area contributed by atoms with Crippen LogP contribution in [-0.2, 0) is 0 Å². The third kappa shape index (κ3) is 2.07. The Kier molecular flexibility index (Phi) is 2.90. The fourth-order valence-corrected chi connectivity index (χ4v) is 5.26. The zero-order valence-electron chi connectivity index (χ0n) is 12.3. The van der Waals surface area contributed by atoms with Crippen molar-refractivity contribution in [2.24, 2.45) is 29.6 Å². The number of nitrogen functional groups attached to an aromatic ring is 1. The van der Waals surface area contributed by atoms with Crippen molar-refractivity contribution in [2.45, 2.75) is 39.0 Å². The van der Waals surface area contributed by atoms with E-state index < -0.39 is 0 Å². The zero-order valence-corrected chi connectivity index (χ0v) is 12.3. The molecule has 0 radical (unpaired) electrons. The second-order valence-electron chi connectivity index (χ2n) is 7.40. The lowest BCUT2D eigenvalue weighted by Crippen LogP contribution is -2.47. The largest absolute Gasteiger partial charge is 0.397 e. The highest BCUT2D eigenvalue weighted by Crippen LogP contribution is 2.56. The minimum atomic E-state index is 0.783. The molecule has 0 unspecified atom stereocenters. The van der Waals surface area contributed by atoms with Crippen LogP contribution in [0.4, 0.5) is 11.5 Å². The zero-order chi connectivity index (χ0) is 13.7. The molecule has 4 saturated carbocycles. The topological polar surface area (TPSA) is 50.9 Å². The molecular formula is C17H25N3. The SMILES string of the molecule is Cc1cc(NCC2C3CC4CC(C3)CC2C4)ncc1N. The Morgan fingerprint density at radius 1 is 1.15 bits per heavy atom.